The molecule has 1 rings (SSSR count). The standard InChI is InChI=1S/C15H29NO2/c1-11-7-12(9-15(5,6)8-11)16(10-13(17)18)14(2,3)4/h11-12H,7-10H2,1-6H3,(H,17,18). The SMILES string of the molecule is CC1CC(N(CC(=O)O)C(C)(C)C)CC(C)(C)C1. The van der Waals surface area contributed by atoms with Gasteiger partial charge in [0, 0.05) is 11.6 Å². The van der Waals surface area contributed by atoms with Crippen LogP contribution in [-0.4, -0.2) is 34.1 Å². The van der Waals surface area contributed by atoms with Gasteiger partial charge in [0.1, 0.15) is 0 Å². The molecule has 0 spiro atoms. The van der Waals surface area contributed by atoms with Gasteiger partial charge in [-0.2, -0.15) is 0 Å². The van der Waals surface area contributed by atoms with Gasteiger partial charge in [-0.05, 0) is 51.4 Å². The smallest absolute Gasteiger partial charge is 0.317 e. The van der Waals surface area contributed by atoms with Crippen molar-refractivity contribution in [2.75, 3.05) is 6.54 Å². The van der Waals surface area contributed by atoms with Crippen LogP contribution < -0.4 is 0 Å². The van der Waals surface area contributed by atoms with Crippen LogP contribution in [0, 0.1) is 11.3 Å². The van der Waals surface area contributed by atoms with E-state index < -0.39 is 5.97 Å². The van der Waals surface area contributed by atoms with Crippen LogP contribution in [0.5, 0.6) is 0 Å². The second kappa shape index (κ2) is 5.20. The van der Waals surface area contributed by atoms with Crippen molar-refractivity contribution in [2.45, 2.75) is 72.4 Å². The van der Waals surface area contributed by atoms with E-state index in [0.717, 1.165) is 12.8 Å². The summed E-state index contributed by atoms with van der Waals surface area (Å²) in [6, 6.07) is 0.389. The predicted molar refractivity (Wildman–Crippen MR) is 74.7 cm³/mol. The summed E-state index contributed by atoms with van der Waals surface area (Å²) in [5.74, 6) is -0.0432. The molecule has 1 saturated carbocycles. The Balaban J connectivity index is 2.88. The molecule has 0 aliphatic heterocycles. The summed E-state index contributed by atoms with van der Waals surface area (Å²) in [4.78, 5) is 13.3. The van der Waals surface area contributed by atoms with Gasteiger partial charge >= 0.3 is 5.97 Å². The Morgan fingerprint density at radius 2 is 1.89 bits per heavy atom. The van der Waals surface area contributed by atoms with E-state index in [4.69, 9.17) is 5.11 Å². The first-order chi connectivity index (χ1) is 8.01. The third-order valence-electron chi connectivity index (χ3n) is 3.97. The summed E-state index contributed by atoms with van der Waals surface area (Å²) in [6.07, 6.45) is 3.46. The molecule has 2 atom stereocenters. The summed E-state index contributed by atoms with van der Waals surface area (Å²) in [6.45, 7) is 13.4. The van der Waals surface area contributed by atoms with E-state index in [0.29, 0.717) is 17.4 Å². The van der Waals surface area contributed by atoms with Crippen LogP contribution in [0.4, 0.5) is 0 Å². The molecule has 0 aromatic carbocycles. The summed E-state index contributed by atoms with van der Waals surface area (Å²) >= 11 is 0. The van der Waals surface area contributed by atoms with Crippen LogP contribution in [0.1, 0.15) is 60.8 Å². The lowest BCUT2D eigenvalue weighted by Crippen LogP contribution is -2.53. The van der Waals surface area contributed by atoms with E-state index in [1.165, 1.54) is 6.42 Å². The summed E-state index contributed by atoms with van der Waals surface area (Å²) in [5.41, 5.74) is 0.237. The average Bonchev–Trinajstić information content (AvgIpc) is 2.08. The van der Waals surface area contributed by atoms with E-state index >= 15 is 0 Å². The van der Waals surface area contributed by atoms with E-state index in [2.05, 4.69) is 46.4 Å². The highest BCUT2D eigenvalue weighted by Crippen LogP contribution is 2.41. The number of hydrogen-bond acceptors (Lipinski definition) is 2. The lowest BCUT2D eigenvalue weighted by molar-refractivity contribution is -0.141. The molecule has 0 radical (unpaired) electrons. The van der Waals surface area contributed by atoms with Crippen molar-refractivity contribution in [3.8, 4) is 0 Å². The van der Waals surface area contributed by atoms with Crippen molar-refractivity contribution in [2.24, 2.45) is 11.3 Å². The van der Waals surface area contributed by atoms with Gasteiger partial charge in [0.05, 0.1) is 6.54 Å². The molecule has 0 aromatic rings. The first kappa shape index (κ1) is 15.5. The second-order valence-corrected chi connectivity index (χ2v) is 7.76. The Hall–Kier alpha value is -0.570. The Kier molecular flexibility index (Phi) is 4.47. The van der Waals surface area contributed by atoms with Crippen LogP contribution >= 0.6 is 0 Å². The van der Waals surface area contributed by atoms with Gasteiger partial charge in [0.25, 0.3) is 0 Å². The van der Waals surface area contributed by atoms with Crippen molar-refractivity contribution >= 4 is 5.97 Å². The van der Waals surface area contributed by atoms with Crippen molar-refractivity contribution in [1.82, 2.24) is 4.90 Å². The Labute approximate surface area is 112 Å². The number of nitrogens with zero attached hydrogens (tertiary/aromatic N) is 1. The molecule has 1 N–H and O–H groups in total. The van der Waals surface area contributed by atoms with Crippen LogP contribution in [0.15, 0.2) is 0 Å². The maximum absolute atomic E-state index is 11.1. The fourth-order valence-corrected chi connectivity index (χ4v) is 3.59. The van der Waals surface area contributed by atoms with Crippen molar-refractivity contribution in [1.29, 1.82) is 0 Å². The zero-order valence-electron chi connectivity index (χ0n) is 12.8. The minimum atomic E-state index is -0.721. The molecule has 1 fully saturated rings. The highest BCUT2D eigenvalue weighted by Gasteiger charge is 2.38. The van der Waals surface area contributed by atoms with Gasteiger partial charge in [0.15, 0.2) is 0 Å². The number of aliphatic carboxylic acids is 1. The fourth-order valence-electron chi connectivity index (χ4n) is 3.59. The number of carbonyl (C=O) groups is 1. The highest BCUT2D eigenvalue weighted by molar-refractivity contribution is 5.69. The normalized spacial score (nSPS) is 28.4. The van der Waals surface area contributed by atoms with E-state index in [9.17, 15) is 4.79 Å². The first-order valence-electron chi connectivity index (χ1n) is 7.00. The van der Waals surface area contributed by atoms with Gasteiger partial charge in [0.2, 0.25) is 0 Å². The molecule has 0 amide bonds. The quantitative estimate of drug-likeness (QED) is 0.840. The Bertz CT molecular complexity index is 304. The van der Waals surface area contributed by atoms with Gasteiger partial charge in [-0.3, -0.25) is 9.69 Å². The third-order valence-corrected chi connectivity index (χ3v) is 3.97. The minimum Gasteiger partial charge on any atom is -0.480 e. The van der Waals surface area contributed by atoms with Crippen LogP contribution in [0.25, 0.3) is 0 Å². The lowest BCUT2D eigenvalue weighted by Gasteiger charge is -2.48. The molecule has 1 aliphatic carbocycles. The van der Waals surface area contributed by atoms with Crippen LogP contribution in [0.2, 0.25) is 0 Å². The van der Waals surface area contributed by atoms with E-state index in [1.54, 1.807) is 0 Å². The van der Waals surface area contributed by atoms with E-state index in [-0.39, 0.29) is 12.1 Å². The van der Waals surface area contributed by atoms with Gasteiger partial charge in [-0.25, -0.2) is 0 Å². The second-order valence-electron chi connectivity index (χ2n) is 7.76. The number of carboxylic acids is 1. The van der Waals surface area contributed by atoms with E-state index in [1.807, 2.05) is 0 Å². The molecule has 0 aromatic heterocycles. The first-order valence-corrected chi connectivity index (χ1v) is 7.00. The molecule has 0 heterocycles. The topological polar surface area (TPSA) is 40.5 Å². The van der Waals surface area contributed by atoms with Crippen LogP contribution in [-0.2, 0) is 4.79 Å². The summed E-state index contributed by atoms with van der Waals surface area (Å²) in [5, 5.41) is 9.13. The molecule has 106 valence electrons. The molecule has 1 aliphatic rings. The van der Waals surface area contributed by atoms with Crippen molar-refractivity contribution in [3.63, 3.8) is 0 Å². The summed E-state index contributed by atoms with van der Waals surface area (Å²) < 4.78 is 0. The number of carboxylic acid groups (broad SMARTS) is 1. The summed E-state index contributed by atoms with van der Waals surface area (Å²) in [7, 11) is 0. The minimum absolute atomic E-state index is 0.0871. The molecule has 0 saturated heterocycles. The zero-order valence-corrected chi connectivity index (χ0v) is 12.8. The zero-order chi connectivity index (χ0) is 14.1. The molecular formula is C15H29NO2. The molecule has 0 bridgehead atoms. The number of rotatable bonds is 3. The lowest BCUT2D eigenvalue weighted by atomic mass is 9.69. The average molecular weight is 255 g/mol. The van der Waals surface area contributed by atoms with Gasteiger partial charge < -0.3 is 5.11 Å². The third kappa shape index (κ3) is 4.27. The largest absolute Gasteiger partial charge is 0.480 e. The van der Waals surface area contributed by atoms with Crippen LogP contribution in [0.3, 0.4) is 0 Å². The maximum atomic E-state index is 11.1. The highest BCUT2D eigenvalue weighted by atomic mass is 16.4. The van der Waals surface area contributed by atoms with Gasteiger partial charge in [-0.15, -0.1) is 0 Å². The maximum Gasteiger partial charge on any atom is 0.317 e. The van der Waals surface area contributed by atoms with Gasteiger partial charge in [-0.1, -0.05) is 20.8 Å². The Morgan fingerprint density at radius 3 is 2.28 bits per heavy atom. The molecule has 3 nitrogen and oxygen atoms in total. The predicted octanol–water partition coefficient (Wildman–Crippen LogP) is 3.39. The molecule has 2 unspecified atom stereocenters. The fraction of sp³-hybridized carbons (Fsp3) is 0.933. The molecular weight excluding hydrogens is 226 g/mol. The number of hydrogen-bond donors (Lipinski definition) is 1. The van der Waals surface area contributed by atoms with Crippen molar-refractivity contribution in [3.05, 3.63) is 0 Å². The molecule has 3 heteroatoms. The molecule has 18 heavy (non-hydrogen) atoms. The Morgan fingerprint density at radius 1 is 1.33 bits per heavy atom. The van der Waals surface area contributed by atoms with Crippen molar-refractivity contribution < 1.29 is 9.90 Å². The monoisotopic (exact) mass is 255 g/mol.